The number of hydrogen-bond donors (Lipinski definition) is 2. The van der Waals surface area contributed by atoms with E-state index in [1.54, 1.807) is 21.8 Å². The molecule has 1 fully saturated rings. The molecule has 9 nitrogen and oxygen atoms in total. The molecule has 2 atom stereocenters. The van der Waals surface area contributed by atoms with E-state index in [9.17, 15) is 40.7 Å². The molecule has 2 aromatic rings. The molecule has 0 unspecified atom stereocenters. The molecule has 0 radical (unpaired) electrons. The molecule has 1 heterocycles. The van der Waals surface area contributed by atoms with E-state index in [4.69, 9.17) is 4.74 Å². The van der Waals surface area contributed by atoms with Gasteiger partial charge in [0.15, 0.2) is 6.61 Å². The summed E-state index contributed by atoms with van der Waals surface area (Å²) in [6, 6.07) is 8.03. The molecule has 0 saturated carbocycles. The SMILES string of the molecule is C[C@@H]1CN(Cc2ccc(F)cc2)[C@@H](C)CN1C(=O)COc1ccc(C(F)(F)F)cc1CS(=O)(=O)NC(=O)C(C)(C)O. The number of halogens is 4. The van der Waals surface area contributed by atoms with Crippen LogP contribution in [0.2, 0.25) is 0 Å². The van der Waals surface area contributed by atoms with Crippen molar-refractivity contribution in [3.8, 4) is 5.75 Å². The van der Waals surface area contributed by atoms with Gasteiger partial charge in [-0.1, -0.05) is 12.1 Å². The molecular formula is C27H33F4N3O6S. The van der Waals surface area contributed by atoms with Crippen molar-refractivity contribution >= 4 is 21.8 Å². The highest BCUT2D eigenvalue weighted by Crippen LogP contribution is 2.33. The van der Waals surface area contributed by atoms with Gasteiger partial charge in [-0.2, -0.15) is 13.2 Å². The maximum atomic E-state index is 13.3. The molecule has 0 aliphatic carbocycles. The number of hydrogen-bond acceptors (Lipinski definition) is 7. The van der Waals surface area contributed by atoms with E-state index in [0.717, 1.165) is 25.5 Å². The van der Waals surface area contributed by atoms with Crippen molar-refractivity contribution in [3.63, 3.8) is 0 Å². The second-order valence-electron chi connectivity index (χ2n) is 10.7. The first-order valence-corrected chi connectivity index (χ1v) is 14.4. The highest BCUT2D eigenvalue weighted by atomic mass is 32.2. The van der Waals surface area contributed by atoms with E-state index in [-0.39, 0.29) is 23.7 Å². The van der Waals surface area contributed by atoms with E-state index in [1.165, 1.54) is 12.1 Å². The van der Waals surface area contributed by atoms with Crippen LogP contribution in [0.15, 0.2) is 42.5 Å². The molecular weight excluding hydrogens is 570 g/mol. The lowest BCUT2D eigenvalue weighted by Crippen LogP contribution is -2.58. The number of piperazine rings is 1. The molecule has 226 valence electrons. The summed E-state index contributed by atoms with van der Waals surface area (Å²) in [5.41, 5.74) is -2.70. The maximum Gasteiger partial charge on any atom is 0.416 e. The van der Waals surface area contributed by atoms with Crippen LogP contribution in [0.25, 0.3) is 0 Å². The van der Waals surface area contributed by atoms with Gasteiger partial charge in [-0.3, -0.25) is 19.2 Å². The number of amides is 2. The van der Waals surface area contributed by atoms with Crippen LogP contribution in [0.5, 0.6) is 5.75 Å². The molecule has 14 heteroatoms. The summed E-state index contributed by atoms with van der Waals surface area (Å²) >= 11 is 0. The Morgan fingerprint density at radius 3 is 2.27 bits per heavy atom. The first-order valence-electron chi connectivity index (χ1n) is 12.7. The van der Waals surface area contributed by atoms with Gasteiger partial charge < -0.3 is 14.7 Å². The van der Waals surface area contributed by atoms with Crippen LogP contribution in [-0.4, -0.2) is 72.5 Å². The first kappa shape index (κ1) is 32.3. The minimum Gasteiger partial charge on any atom is -0.483 e. The fourth-order valence-electron chi connectivity index (χ4n) is 4.33. The van der Waals surface area contributed by atoms with Crippen molar-refractivity contribution in [1.29, 1.82) is 0 Å². The Morgan fingerprint density at radius 2 is 1.68 bits per heavy atom. The third-order valence-corrected chi connectivity index (χ3v) is 7.81. The zero-order chi connectivity index (χ0) is 30.8. The van der Waals surface area contributed by atoms with E-state index < -0.39 is 57.1 Å². The smallest absolute Gasteiger partial charge is 0.416 e. The van der Waals surface area contributed by atoms with Gasteiger partial charge in [0.05, 0.1) is 11.3 Å². The molecule has 0 spiro atoms. The van der Waals surface area contributed by atoms with Crippen molar-refractivity contribution in [2.45, 2.75) is 63.9 Å². The Balaban J connectivity index is 1.72. The van der Waals surface area contributed by atoms with E-state index in [1.807, 2.05) is 13.8 Å². The number of nitrogens with zero attached hydrogens (tertiary/aromatic N) is 2. The number of carbonyl (C=O) groups excluding carboxylic acids is 2. The van der Waals surface area contributed by atoms with Gasteiger partial charge in [-0.25, -0.2) is 12.8 Å². The number of aliphatic hydroxyl groups is 1. The predicted octanol–water partition coefficient (Wildman–Crippen LogP) is 3.06. The van der Waals surface area contributed by atoms with Gasteiger partial charge in [0.25, 0.3) is 11.8 Å². The minimum atomic E-state index is -4.79. The van der Waals surface area contributed by atoms with E-state index in [0.29, 0.717) is 31.8 Å². The molecule has 3 rings (SSSR count). The number of rotatable bonds is 9. The fraction of sp³-hybridized carbons (Fsp3) is 0.481. The monoisotopic (exact) mass is 603 g/mol. The van der Waals surface area contributed by atoms with Crippen molar-refractivity contribution in [1.82, 2.24) is 14.5 Å². The average molecular weight is 604 g/mol. The van der Waals surface area contributed by atoms with Crippen molar-refractivity contribution in [2.24, 2.45) is 0 Å². The minimum absolute atomic E-state index is 0.0636. The largest absolute Gasteiger partial charge is 0.483 e. The molecule has 2 amide bonds. The number of ether oxygens (including phenoxy) is 1. The molecule has 2 aromatic carbocycles. The van der Waals surface area contributed by atoms with Crippen LogP contribution in [-0.2, 0) is 38.1 Å². The highest BCUT2D eigenvalue weighted by molar-refractivity contribution is 7.89. The molecule has 41 heavy (non-hydrogen) atoms. The summed E-state index contributed by atoms with van der Waals surface area (Å²) < 4.78 is 85.5. The second-order valence-corrected chi connectivity index (χ2v) is 12.4. The van der Waals surface area contributed by atoms with Crippen LogP contribution >= 0.6 is 0 Å². The molecule has 1 saturated heterocycles. The van der Waals surface area contributed by atoms with Crippen LogP contribution in [0, 0.1) is 5.82 Å². The molecule has 1 aliphatic rings. The predicted molar refractivity (Wildman–Crippen MR) is 141 cm³/mol. The van der Waals surface area contributed by atoms with Gasteiger partial charge in [-0.05, 0) is 63.6 Å². The number of benzene rings is 2. The summed E-state index contributed by atoms with van der Waals surface area (Å²) in [6.07, 6.45) is -4.79. The maximum absolute atomic E-state index is 13.3. The Bertz CT molecular complexity index is 1360. The number of nitrogens with one attached hydrogen (secondary N) is 1. The van der Waals surface area contributed by atoms with Crippen molar-refractivity contribution < 1.29 is 45.4 Å². The normalized spacial score (nSPS) is 18.7. The van der Waals surface area contributed by atoms with E-state index >= 15 is 0 Å². The zero-order valence-corrected chi connectivity index (χ0v) is 23.9. The van der Waals surface area contributed by atoms with Crippen LogP contribution in [0.1, 0.15) is 44.4 Å². The van der Waals surface area contributed by atoms with Gasteiger partial charge in [-0.15, -0.1) is 0 Å². The van der Waals surface area contributed by atoms with Gasteiger partial charge in [0.2, 0.25) is 10.0 Å². The summed E-state index contributed by atoms with van der Waals surface area (Å²) in [7, 11) is -4.54. The van der Waals surface area contributed by atoms with Crippen molar-refractivity contribution in [3.05, 3.63) is 65.0 Å². The quantitative estimate of drug-likeness (QED) is 0.424. The summed E-state index contributed by atoms with van der Waals surface area (Å²) in [6.45, 7) is 6.69. The Hall–Kier alpha value is -3.23. The van der Waals surface area contributed by atoms with Crippen molar-refractivity contribution in [2.75, 3.05) is 19.7 Å². The molecule has 2 N–H and O–H groups in total. The van der Waals surface area contributed by atoms with E-state index in [2.05, 4.69) is 4.90 Å². The highest BCUT2D eigenvalue weighted by Gasteiger charge is 2.34. The van der Waals surface area contributed by atoms with Gasteiger partial charge >= 0.3 is 6.18 Å². The standard InChI is InChI=1S/C27H33F4N3O6S/c1-17-13-34(18(2)12-33(17)14-19-5-8-22(28)9-6-19)24(35)15-40-23-10-7-21(27(29,30)31)11-20(23)16-41(38,39)32-25(36)26(3,4)37/h5-11,17-18,37H,12-16H2,1-4H3,(H,32,36)/t17-,18+/m0/s1. The summed E-state index contributed by atoms with van der Waals surface area (Å²) in [5.74, 6) is -3.39. The number of alkyl halides is 3. The lowest BCUT2D eigenvalue weighted by Gasteiger charge is -2.44. The first-order chi connectivity index (χ1) is 18.9. The Kier molecular flexibility index (Phi) is 9.71. The van der Waals surface area contributed by atoms with Crippen LogP contribution in [0.3, 0.4) is 0 Å². The summed E-state index contributed by atoms with van der Waals surface area (Å²) in [5, 5.41) is 9.72. The average Bonchev–Trinajstić information content (AvgIpc) is 2.84. The lowest BCUT2D eigenvalue weighted by atomic mass is 10.1. The second kappa shape index (κ2) is 12.3. The Labute approximate surface area is 236 Å². The number of carbonyl (C=O) groups is 2. The third kappa shape index (κ3) is 8.88. The molecule has 1 aliphatic heterocycles. The third-order valence-electron chi connectivity index (χ3n) is 6.62. The Morgan fingerprint density at radius 1 is 1.05 bits per heavy atom. The molecule has 0 aromatic heterocycles. The lowest BCUT2D eigenvalue weighted by molar-refractivity contribution is -0.140. The van der Waals surface area contributed by atoms with Crippen LogP contribution in [0.4, 0.5) is 17.6 Å². The van der Waals surface area contributed by atoms with Gasteiger partial charge in [0.1, 0.15) is 17.2 Å². The van der Waals surface area contributed by atoms with Crippen LogP contribution < -0.4 is 9.46 Å². The fourth-order valence-corrected chi connectivity index (χ4v) is 5.57. The zero-order valence-electron chi connectivity index (χ0n) is 23.0. The van der Waals surface area contributed by atoms with Gasteiger partial charge in [0, 0.05) is 37.3 Å². The number of sulfonamides is 1. The topological polar surface area (TPSA) is 116 Å². The summed E-state index contributed by atoms with van der Waals surface area (Å²) in [4.78, 5) is 28.7. The molecule has 0 bridgehead atoms.